The topological polar surface area (TPSA) is 32.3 Å². The standard InChI is InChI=1S/C18H27BrN2O/c1-14(2)17(13-21-9-4-3-5-10-21)20-18(22)16-8-6-7-15(11-16)12-19/h6-8,11,14,17H,3-5,9-10,12-13H2,1-2H3,(H,20,22). The van der Waals surface area contributed by atoms with E-state index in [1.807, 2.05) is 24.3 Å². The summed E-state index contributed by atoms with van der Waals surface area (Å²) in [5.74, 6) is 0.476. The van der Waals surface area contributed by atoms with Crippen LogP contribution in [0.15, 0.2) is 24.3 Å². The highest BCUT2D eigenvalue weighted by molar-refractivity contribution is 9.08. The summed E-state index contributed by atoms with van der Waals surface area (Å²) in [4.78, 5) is 15.0. The van der Waals surface area contributed by atoms with Crippen molar-refractivity contribution in [2.75, 3.05) is 19.6 Å². The van der Waals surface area contributed by atoms with Gasteiger partial charge in [0.05, 0.1) is 0 Å². The Morgan fingerprint density at radius 3 is 2.64 bits per heavy atom. The van der Waals surface area contributed by atoms with E-state index in [4.69, 9.17) is 0 Å². The van der Waals surface area contributed by atoms with Gasteiger partial charge in [0.25, 0.3) is 5.91 Å². The van der Waals surface area contributed by atoms with E-state index in [0.717, 1.165) is 36.1 Å². The zero-order chi connectivity index (χ0) is 15.9. The molecule has 1 amide bonds. The lowest BCUT2D eigenvalue weighted by atomic mass is 10.0. The molecule has 0 spiro atoms. The van der Waals surface area contributed by atoms with Crippen molar-refractivity contribution in [2.24, 2.45) is 5.92 Å². The zero-order valence-corrected chi connectivity index (χ0v) is 15.2. The normalized spacial score (nSPS) is 17.5. The first-order valence-corrected chi connectivity index (χ1v) is 9.40. The summed E-state index contributed by atoms with van der Waals surface area (Å²) in [6.07, 6.45) is 3.91. The maximum atomic E-state index is 12.5. The number of carbonyl (C=O) groups excluding carboxylic acids is 1. The average Bonchev–Trinajstić information content (AvgIpc) is 2.55. The van der Waals surface area contributed by atoms with Crippen LogP contribution in [-0.4, -0.2) is 36.5 Å². The van der Waals surface area contributed by atoms with Crippen LogP contribution in [0.4, 0.5) is 0 Å². The summed E-state index contributed by atoms with van der Waals surface area (Å²) in [6, 6.07) is 8.03. The summed E-state index contributed by atoms with van der Waals surface area (Å²) >= 11 is 3.44. The van der Waals surface area contributed by atoms with Gasteiger partial charge in [-0.2, -0.15) is 0 Å². The van der Waals surface area contributed by atoms with Crippen LogP contribution in [0, 0.1) is 5.92 Å². The molecule has 0 aromatic heterocycles. The molecule has 1 heterocycles. The summed E-state index contributed by atoms with van der Waals surface area (Å²) in [5, 5.41) is 4.01. The number of nitrogens with zero attached hydrogens (tertiary/aromatic N) is 1. The van der Waals surface area contributed by atoms with Crippen LogP contribution in [0.5, 0.6) is 0 Å². The number of carbonyl (C=O) groups is 1. The predicted molar refractivity (Wildman–Crippen MR) is 95.5 cm³/mol. The van der Waals surface area contributed by atoms with Gasteiger partial charge in [-0.05, 0) is 49.5 Å². The maximum Gasteiger partial charge on any atom is 0.251 e. The number of amides is 1. The molecular weight excluding hydrogens is 340 g/mol. The molecule has 4 heteroatoms. The third-order valence-corrected chi connectivity index (χ3v) is 5.02. The molecular formula is C18H27BrN2O. The third kappa shape index (κ3) is 5.10. The van der Waals surface area contributed by atoms with E-state index in [0.29, 0.717) is 5.92 Å². The Bertz CT molecular complexity index is 484. The van der Waals surface area contributed by atoms with Crippen LogP contribution in [-0.2, 0) is 5.33 Å². The van der Waals surface area contributed by atoms with E-state index in [2.05, 4.69) is 40.0 Å². The molecule has 1 aromatic rings. The van der Waals surface area contributed by atoms with E-state index < -0.39 is 0 Å². The fourth-order valence-electron chi connectivity index (χ4n) is 2.89. The second-order valence-electron chi connectivity index (χ2n) is 6.52. The number of rotatable bonds is 6. The Hall–Kier alpha value is -0.870. The number of halogens is 1. The van der Waals surface area contributed by atoms with Crippen LogP contribution in [0.3, 0.4) is 0 Å². The highest BCUT2D eigenvalue weighted by Gasteiger charge is 2.21. The smallest absolute Gasteiger partial charge is 0.251 e. The van der Waals surface area contributed by atoms with E-state index in [9.17, 15) is 4.79 Å². The molecule has 1 aliphatic heterocycles. The van der Waals surface area contributed by atoms with Crippen molar-refractivity contribution in [2.45, 2.75) is 44.5 Å². The minimum atomic E-state index is 0.0403. The van der Waals surface area contributed by atoms with Crippen molar-refractivity contribution in [3.05, 3.63) is 35.4 Å². The van der Waals surface area contributed by atoms with E-state index in [1.54, 1.807) is 0 Å². The molecule has 1 unspecified atom stereocenters. The monoisotopic (exact) mass is 366 g/mol. The second kappa shape index (κ2) is 8.68. The predicted octanol–water partition coefficient (Wildman–Crippen LogP) is 3.82. The van der Waals surface area contributed by atoms with Crippen LogP contribution in [0.25, 0.3) is 0 Å². The van der Waals surface area contributed by atoms with Crippen LogP contribution < -0.4 is 5.32 Å². The second-order valence-corrected chi connectivity index (χ2v) is 7.08. The van der Waals surface area contributed by atoms with Gasteiger partial charge in [-0.1, -0.05) is 48.3 Å². The molecule has 0 bridgehead atoms. The molecule has 22 heavy (non-hydrogen) atoms. The Morgan fingerprint density at radius 2 is 2.00 bits per heavy atom. The molecule has 2 rings (SSSR count). The lowest BCUT2D eigenvalue weighted by Gasteiger charge is -2.32. The number of hydrogen-bond donors (Lipinski definition) is 1. The van der Waals surface area contributed by atoms with Gasteiger partial charge < -0.3 is 10.2 Å². The number of nitrogens with one attached hydrogen (secondary N) is 1. The van der Waals surface area contributed by atoms with Crippen molar-refractivity contribution in [3.8, 4) is 0 Å². The van der Waals surface area contributed by atoms with Gasteiger partial charge in [-0.25, -0.2) is 0 Å². The lowest BCUT2D eigenvalue weighted by Crippen LogP contribution is -2.48. The zero-order valence-electron chi connectivity index (χ0n) is 13.6. The molecule has 122 valence electrons. The van der Waals surface area contributed by atoms with Gasteiger partial charge in [-0.15, -0.1) is 0 Å². The first-order valence-electron chi connectivity index (χ1n) is 8.28. The number of benzene rings is 1. The highest BCUT2D eigenvalue weighted by Crippen LogP contribution is 2.13. The van der Waals surface area contributed by atoms with Crippen LogP contribution in [0.1, 0.15) is 49.0 Å². The molecule has 1 aromatic carbocycles. The fourth-order valence-corrected chi connectivity index (χ4v) is 3.24. The Labute approximate surface area is 142 Å². The Morgan fingerprint density at radius 1 is 1.27 bits per heavy atom. The van der Waals surface area contributed by atoms with Crippen molar-refractivity contribution >= 4 is 21.8 Å². The number of alkyl halides is 1. The fraction of sp³-hybridized carbons (Fsp3) is 0.611. The van der Waals surface area contributed by atoms with Crippen LogP contribution in [0.2, 0.25) is 0 Å². The van der Waals surface area contributed by atoms with Crippen molar-refractivity contribution in [1.82, 2.24) is 10.2 Å². The molecule has 1 aliphatic rings. The van der Waals surface area contributed by atoms with Gasteiger partial charge in [0.15, 0.2) is 0 Å². The number of likely N-dealkylation sites (tertiary alicyclic amines) is 1. The van der Waals surface area contributed by atoms with E-state index >= 15 is 0 Å². The van der Waals surface area contributed by atoms with E-state index in [-0.39, 0.29) is 11.9 Å². The Balaban J connectivity index is 1.98. The molecule has 1 atom stereocenters. The minimum absolute atomic E-state index is 0.0403. The van der Waals surface area contributed by atoms with Crippen molar-refractivity contribution < 1.29 is 4.79 Å². The van der Waals surface area contributed by atoms with Crippen LogP contribution >= 0.6 is 15.9 Å². The van der Waals surface area contributed by atoms with Gasteiger partial charge in [-0.3, -0.25) is 4.79 Å². The first-order chi connectivity index (χ1) is 10.6. The van der Waals surface area contributed by atoms with E-state index in [1.165, 1.54) is 19.3 Å². The average molecular weight is 367 g/mol. The quantitative estimate of drug-likeness (QED) is 0.776. The Kier molecular flexibility index (Phi) is 6.90. The third-order valence-electron chi connectivity index (χ3n) is 4.37. The molecule has 3 nitrogen and oxygen atoms in total. The van der Waals surface area contributed by atoms with Gasteiger partial charge >= 0.3 is 0 Å². The summed E-state index contributed by atoms with van der Waals surface area (Å²) < 4.78 is 0. The summed E-state index contributed by atoms with van der Waals surface area (Å²) in [7, 11) is 0. The van der Waals surface area contributed by atoms with Gasteiger partial charge in [0.1, 0.15) is 0 Å². The van der Waals surface area contributed by atoms with Crippen molar-refractivity contribution in [1.29, 1.82) is 0 Å². The number of piperidine rings is 1. The van der Waals surface area contributed by atoms with Gasteiger partial charge in [0.2, 0.25) is 0 Å². The van der Waals surface area contributed by atoms with Crippen molar-refractivity contribution in [3.63, 3.8) is 0 Å². The SMILES string of the molecule is CC(C)C(CN1CCCCC1)NC(=O)c1cccc(CBr)c1. The number of hydrogen-bond acceptors (Lipinski definition) is 2. The summed E-state index contributed by atoms with van der Waals surface area (Å²) in [5.41, 5.74) is 1.88. The maximum absolute atomic E-state index is 12.5. The molecule has 0 aliphatic carbocycles. The molecule has 1 fully saturated rings. The largest absolute Gasteiger partial charge is 0.348 e. The lowest BCUT2D eigenvalue weighted by molar-refractivity contribution is 0.0902. The molecule has 1 saturated heterocycles. The molecule has 0 radical (unpaired) electrons. The highest BCUT2D eigenvalue weighted by atomic mass is 79.9. The first kappa shape index (κ1) is 17.5. The molecule has 0 saturated carbocycles. The molecule has 1 N–H and O–H groups in total. The minimum Gasteiger partial charge on any atom is -0.348 e. The van der Waals surface area contributed by atoms with Gasteiger partial charge in [0, 0.05) is 23.5 Å². The summed E-state index contributed by atoms with van der Waals surface area (Å²) in [6.45, 7) is 7.66.